The lowest BCUT2D eigenvalue weighted by molar-refractivity contribution is 0.571. The SMILES string of the molecule is C=CCN1c2ccccc2CCC1c1c[nH]c2ccccc12. The lowest BCUT2D eigenvalue weighted by Gasteiger charge is -2.38. The molecule has 0 aliphatic carbocycles. The van der Waals surface area contributed by atoms with E-state index in [1.807, 2.05) is 6.08 Å². The van der Waals surface area contributed by atoms with Crippen LogP contribution >= 0.6 is 0 Å². The molecule has 0 spiro atoms. The molecule has 1 aromatic heterocycles. The number of hydrogen-bond acceptors (Lipinski definition) is 1. The van der Waals surface area contributed by atoms with Gasteiger partial charge in [-0.1, -0.05) is 42.5 Å². The van der Waals surface area contributed by atoms with Crippen molar-refractivity contribution in [1.82, 2.24) is 4.98 Å². The highest BCUT2D eigenvalue weighted by atomic mass is 15.2. The Bertz CT molecular complexity index is 815. The molecular formula is C20H20N2. The number of rotatable bonds is 3. The zero-order valence-corrected chi connectivity index (χ0v) is 12.6. The highest BCUT2D eigenvalue weighted by molar-refractivity contribution is 5.84. The molecule has 110 valence electrons. The molecule has 1 aliphatic rings. The number of nitrogens with zero attached hydrogens (tertiary/aromatic N) is 1. The number of aromatic nitrogens is 1. The summed E-state index contributed by atoms with van der Waals surface area (Å²) in [5.41, 5.74) is 5.41. The van der Waals surface area contributed by atoms with Gasteiger partial charge >= 0.3 is 0 Å². The summed E-state index contributed by atoms with van der Waals surface area (Å²) in [5.74, 6) is 0. The first-order chi connectivity index (χ1) is 10.9. The number of anilines is 1. The normalized spacial score (nSPS) is 17.5. The van der Waals surface area contributed by atoms with Gasteiger partial charge in [0.05, 0.1) is 6.04 Å². The smallest absolute Gasteiger partial charge is 0.0570 e. The molecule has 0 fully saturated rings. The average Bonchev–Trinajstić information content (AvgIpc) is 2.99. The Balaban J connectivity index is 1.82. The minimum absolute atomic E-state index is 0.407. The molecule has 0 saturated heterocycles. The minimum Gasteiger partial charge on any atom is -0.361 e. The van der Waals surface area contributed by atoms with E-state index in [4.69, 9.17) is 0 Å². The van der Waals surface area contributed by atoms with Gasteiger partial charge in [-0.05, 0) is 36.1 Å². The fraction of sp³-hybridized carbons (Fsp3) is 0.200. The van der Waals surface area contributed by atoms with Crippen LogP contribution in [0.4, 0.5) is 5.69 Å². The van der Waals surface area contributed by atoms with E-state index in [9.17, 15) is 0 Å². The second-order valence-corrected chi connectivity index (χ2v) is 5.91. The van der Waals surface area contributed by atoms with Crippen LogP contribution in [0, 0.1) is 0 Å². The third-order valence-electron chi connectivity index (χ3n) is 4.67. The third-order valence-corrected chi connectivity index (χ3v) is 4.67. The van der Waals surface area contributed by atoms with E-state index >= 15 is 0 Å². The molecule has 22 heavy (non-hydrogen) atoms. The maximum absolute atomic E-state index is 3.96. The van der Waals surface area contributed by atoms with Crippen molar-refractivity contribution in [3.05, 3.63) is 78.5 Å². The first-order valence-corrected chi connectivity index (χ1v) is 7.90. The summed E-state index contributed by atoms with van der Waals surface area (Å²) in [6.07, 6.45) is 6.46. The topological polar surface area (TPSA) is 19.0 Å². The second kappa shape index (κ2) is 5.38. The summed E-state index contributed by atoms with van der Waals surface area (Å²) in [6, 6.07) is 17.7. The van der Waals surface area contributed by atoms with Crippen molar-refractivity contribution in [3.8, 4) is 0 Å². The van der Waals surface area contributed by atoms with Crippen LogP contribution in [-0.4, -0.2) is 11.5 Å². The Morgan fingerprint density at radius 2 is 1.95 bits per heavy atom. The molecule has 2 aromatic carbocycles. The van der Waals surface area contributed by atoms with Crippen molar-refractivity contribution in [3.63, 3.8) is 0 Å². The monoisotopic (exact) mass is 288 g/mol. The highest BCUT2D eigenvalue weighted by Gasteiger charge is 2.28. The van der Waals surface area contributed by atoms with E-state index in [2.05, 4.69) is 71.2 Å². The summed E-state index contributed by atoms with van der Waals surface area (Å²) >= 11 is 0. The third kappa shape index (κ3) is 2.03. The van der Waals surface area contributed by atoms with E-state index in [1.165, 1.54) is 27.7 Å². The molecule has 1 aliphatic heterocycles. The van der Waals surface area contributed by atoms with Gasteiger partial charge in [-0.25, -0.2) is 0 Å². The standard InChI is InChI=1S/C20H20N2/c1-2-13-22-19-10-6-3-7-15(19)11-12-20(22)17-14-21-18-9-5-4-8-16(17)18/h2-10,14,20-21H,1,11-13H2. The summed E-state index contributed by atoms with van der Waals surface area (Å²) in [7, 11) is 0. The lowest BCUT2D eigenvalue weighted by Crippen LogP contribution is -2.33. The van der Waals surface area contributed by atoms with Crippen LogP contribution in [-0.2, 0) is 6.42 Å². The Hall–Kier alpha value is -2.48. The highest BCUT2D eigenvalue weighted by Crippen LogP contribution is 2.40. The largest absolute Gasteiger partial charge is 0.361 e. The molecule has 0 saturated carbocycles. The van der Waals surface area contributed by atoms with Crippen molar-refractivity contribution in [2.45, 2.75) is 18.9 Å². The molecule has 2 heterocycles. The molecule has 1 atom stereocenters. The predicted molar refractivity (Wildman–Crippen MR) is 93.3 cm³/mol. The number of nitrogens with one attached hydrogen (secondary N) is 1. The van der Waals surface area contributed by atoms with E-state index in [0.717, 1.165) is 19.4 Å². The number of fused-ring (bicyclic) bond motifs is 2. The van der Waals surface area contributed by atoms with Gasteiger partial charge in [0.1, 0.15) is 0 Å². The number of H-pyrrole nitrogens is 1. The molecule has 2 nitrogen and oxygen atoms in total. The molecule has 0 bridgehead atoms. The van der Waals surface area contributed by atoms with Crippen LogP contribution in [0.5, 0.6) is 0 Å². The molecule has 1 N–H and O–H groups in total. The number of para-hydroxylation sites is 2. The van der Waals surface area contributed by atoms with Crippen LogP contribution in [0.25, 0.3) is 10.9 Å². The van der Waals surface area contributed by atoms with Crippen LogP contribution in [0.3, 0.4) is 0 Å². The van der Waals surface area contributed by atoms with Gasteiger partial charge in [-0.15, -0.1) is 6.58 Å². The fourth-order valence-electron chi connectivity index (χ4n) is 3.68. The Kier molecular flexibility index (Phi) is 3.23. The molecular weight excluding hydrogens is 268 g/mol. The van der Waals surface area contributed by atoms with E-state index in [0.29, 0.717) is 6.04 Å². The Morgan fingerprint density at radius 1 is 1.14 bits per heavy atom. The van der Waals surface area contributed by atoms with Gasteiger partial charge in [0.2, 0.25) is 0 Å². The lowest BCUT2D eigenvalue weighted by atomic mass is 9.91. The molecule has 0 radical (unpaired) electrons. The van der Waals surface area contributed by atoms with Crippen LogP contribution < -0.4 is 4.90 Å². The zero-order valence-electron chi connectivity index (χ0n) is 12.6. The molecule has 1 unspecified atom stereocenters. The van der Waals surface area contributed by atoms with E-state index in [1.54, 1.807) is 0 Å². The van der Waals surface area contributed by atoms with E-state index in [-0.39, 0.29) is 0 Å². The van der Waals surface area contributed by atoms with Crippen molar-refractivity contribution in [2.75, 3.05) is 11.4 Å². The van der Waals surface area contributed by atoms with Gasteiger partial charge in [0, 0.05) is 29.3 Å². The maximum atomic E-state index is 3.96. The maximum Gasteiger partial charge on any atom is 0.0570 e. The first kappa shape index (κ1) is 13.2. The van der Waals surface area contributed by atoms with Gasteiger partial charge in [-0.2, -0.15) is 0 Å². The summed E-state index contributed by atoms with van der Waals surface area (Å²) in [6.45, 7) is 4.83. The average molecular weight is 288 g/mol. The Labute approximate surface area is 131 Å². The number of benzene rings is 2. The minimum atomic E-state index is 0.407. The fourth-order valence-corrected chi connectivity index (χ4v) is 3.68. The molecule has 4 rings (SSSR count). The van der Waals surface area contributed by atoms with Crippen molar-refractivity contribution in [2.24, 2.45) is 0 Å². The second-order valence-electron chi connectivity index (χ2n) is 5.91. The zero-order chi connectivity index (χ0) is 14.9. The van der Waals surface area contributed by atoms with Crippen molar-refractivity contribution < 1.29 is 0 Å². The van der Waals surface area contributed by atoms with Gasteiger partial charge in [0.15, 0.2) is 0 Å². The van der Waals surface area contributed by atoms with Crippen LogP contribution in [0.1, 0.15) is 23.6 Å². The van der Waals surface area contributed by atoms with Crippen molar-refractivity contribution >= 4 is 16.6 Å². The number of aryl methyl sites for hydroxylation is 1. The van der Waals surface area contributed by atoms with Gasteiger partial charge < -0.3 is 9.88 Å². The van der Waals surface area contributed by atoms with Crippen LogP contribution in [0.2, 0.25) is 0 Å². The number of hydrogen-bond donors (Lipinski definition) is 1. The van der Waals surface area contributed by atoms with Crippen LogP contribution in [0.15, 0.2) is 67.4 Å². The first-order valence-electron chi connectivity index (χ1n) is 7.90. The Morgan fingerprint density at radius 3 is 2.86 bits per heavy atom. The van der Waals surface area contributed by atoms with Gasteiger partial charge in [0.25, 0.3) is 0 Å². The molecule has 0 amide bonds. The number of aromatic amines is 1. The van der Waals surface area contributed by atoms with Gasteiger partial charge in [-0.3, -0.25) is 0 Å². The molecule has 2 heteroatoms. The molecule has 3 aromatic rings. The van der Waals surface area contributed by atoms with Crippen molar-refractivity contribution in [1.29, 1.82) is 0 Å². The quantitative estimate of drug-likeness (QED) is 0.683. The predicted octanol–water partition coefficient (Wildman–Crippen LogP) is 4.85. The summed E-state index contributed by atoms with van der Waals surface area (Å²) in [5, 5.41) is 1.33. The summed E-state index contributed by atoms with van der Waals surface area (Å²) in [4.78, 5) is 5.91. The summed E-state index contributed by atoms with van der Waals surface area (Å²) < 4.78 is 0. The van der Waals surface area contributed by atoms with E-state index < -0.39 is 0 Å².